The van der Waals surface area contributed by atoms with Crippen LogP contribution in [0.25, 0.3) is 84.4 Å². The summed E-state index contributed by atoms with van der Waals surface area (Å²) in [5, 5.41) is 7.55. The van der Waals surface area contributed by atoms with E-state index in [-0.39, 0.29) is 0 Å². The summed E-state index contributed by atoms with van der Waals surface area (Å²) in [5.41, 5.74) is 13.5. The Morgan fingerprint density at radius 3 is 1.35 bits per heavy atom. The van der Waals surface area contributed by atoms with Crippen LogP contribution in [0, 0.1) is 0 Å². The fourth-order valence-corrected chi connectivity index (χ4v) is 11.8. The van der Waals surface area contributed by atoms with Gasteiger partial charge in [-0.2, -0.15) is 0 Å². The van der Waals surface area contributed by atoms with Gasteiger partial charge in [-0.25, -0.2) is 0 Å². The van der Waals surface area contributed by atoms with Crippen molar-refractivity contribution < 1.29 is 0 Å². The summed E-state index contributed by atoms with van der Waals surface area (Å²) in [5.74, 6) is 0. The molecule has 0 amide bonds. The maximum atomic E-state index is 3.95. The van der Waals surface area contributed by atoms with E-state index >= 15 is 0 Å². The van der Waals surface area contributed by atoms with Gasteiger partial charge in [0.25, 0.3) is 0 Å². The van der Waals surface area contributed by atoms with Crippen LogP contribution in [0.1, 0.15) is 0 Å². The van der Waals surface area contributed by atoms with Crippen molar-refractivity contribution >= 4 is 119 Å². The highest BCUT2D eigenvalue weighted by atomic mass is 32.1. The molecule has 0 saturated carbocycles. The van der Waals surface area contributed by atoms with Crippen LogP contribution >= 0.6 is 22.7 Å². The van der Waals surface area contributed by atoms with Crippen molar-refractivity contribution in [2.45, 2.75) is 0 Å². The number of rotatable bonds is 8. The molecule has 0 radical (unpaired) electrons. The molecule has 0 aliphatic carbocycles. The molecule has 3 nitrogen and oxygen atoms in total. The summed E-state index contributed by atoms with van der Waals surface area (Å²) >= 11 is 3.71. The first-order valence-corrected chi connectivity index (χ1v) is 23.6. The largest absolute Gasteiger partial charge is 0.353 e. The van der Waals surface area contributed by atoms with Crippen molar-refractivity contribution in [2.75, 3.05) is 9.80 Å². The van der Waals surface area contributed by atoms with Gasteiger partial charge in [-0.15, -0.1) is 22.7 Å². The van der Waals surface area contributed by atoms with Crippen molar-refractivity contribution in [3.05, 3.63) is 231 Å². The molecule has 5 heteroatoms. The van der Waals surface area contributed by atoms with Gasteiger partial charge in [-0.3, -0.25) is 0 Å². The van der Waals surface area contributed by atoms with Crippen LogP contribution in [0.2, 0.25) is 0 Å². The monoisotopic (exact) mass is 865 g/mol. The van der Waals surface area contributed by atoms with Crippen LogP contribution in [-0.4, -0.2) is 4.98 Å². The van der Waals surface area contributed by atoms with Gasteiger partial charge >= 0.3 is 0 Å². The molecule has 13 rings (SSSR count). The Hall–Kier alpha value is -7.96. The normalized spacial score (nSPS) is 11.7. The van der Waals surface area contributed by atoms with E-state index in [0.717, 1.165) is 56.3 Å². The molecule has 13 aromatic rings. The Kier molecular flexibility index (Phi) is 8.90. The number of aromatic nitrogens is 1. The van der Waals surface area contributed by atoms with Gasteiger partial charge in [0, 0.05) is 85.1 Å². The minimum absolute atomic E-state index is 1.09. The number of anilines is 6. The molecule has 0 fully saturated rings. The van der Waals surface area contributed by atoms with Gasteiger partial charge in [0.1, 0.15) is 0 Å². The molecule has 0 saturated heterocycles. The van der Waals surface area contributed by atoms with Crippen molar-refractivity contribution in [1.82, 2.24) is 4.98 Å². The Balaban J connectivity index is 1.02. The number of nitrogens with one attached hydrogen (secondary N) is 1. The second-order valence-corrected chi connectivity index (χ2v) is 18.8. The molecule has 65 heavy (non-hydrogen) atoms. The van der Waals surface area contributed by atoms with Crippen molar-refractivity contribution in [3.63, 3.8) is 0 Å². The highest BCUT2D eigenvalue weighted by Crippen LogP contribution is 2.47. The fraction of sp³-hybridized carbons (Fsp3) is 0. The van der Waals surface area contributed by atoms with E-state index in [9.17, 15) is 0 Å². The minimum atomic E-state index is 1.09. The number of para-hydroxylation sites is 3. The summed E-state index contributed by atoms with van der Waals surface area (Å²) in [7, 11) is 0. The number of nitrogens with zero attached hydrogens (tertiary/aromatic N) is 2. The van der Waals surface area contributed by atoms with Crippen LogP contribution in [0.5, 0.6) is 0 Å². The van der Waals surface area contributed by atoms with Gasteiger partial charge in [0.2, 0.25) is 0 Å². The predicted molar refractivity (Wildman–Crippen MR) is 282 cm³/mol. The maximum absolute atomic E-state index is 3.95. The quantitative estimate of drug-likeness (QED) is 0.164. The Morgan fingerprint density at radius 2 is 0.723 bits per heavy atom. The first-order chi connectivity index (χ1) is 32.2. The van der Waals surface area contributed by atoms with Gasteiger partial charge in [-0.05, 0) is 138 Å². The Labute approximate surface area is 384 Å². The summed E-state index contributed by atoms with van der Waals surface area (Å²) < 4.78 is 5.22. The number of fused-ring (bicyclic) bond motifs is 9. The molecular formula is C60H39N3S2. The molecule has 10 aromatic carbocycles. The van der Waals surface area contributed by atoms with Gasteiger partial charge in [0.05, 0.1) is 11.2 Å². The number of H-pyrrole nitrogens is 1. The second-order valence-electron chi connectivity index (χ2n) is 16.6. The molecule has 0 spiro atoms. The van der Waals surface area contributed by atoms with E-state index < -0.39 is 0 Å². The molecule has 3 heterocycles. The fourth-order valence-electron chi connectivity index (χ4n) is 9.67. The van der Waals surface area contributed by atoms with Gasteiger partial charge in [0.15, 0.2) is 0 Å². The summed E-state index contributed by atoms with van der Waals surface area (Å²) in [6.45, 7) is 0. The lowest BCUT2D eigenvalue weighted by atomic mass is 9.98. The summed E-state index contributed by atoms with van der Waals surface area (Å²) in [6, 6.07) is 84.1. The summed E-state index contributed by atoms with van der Waals surface area (Å²) in [4.78, 5) is 8.70. The van der Waals surface area contributed by atoms with E-state index in [1.54, 1.807) is 0 Å². The highest BCUT2D eigenvalue weighted by Gasteiger charge is 2.22. The van der Waals surface area contributed by atoms with Crippen LogP contribution in [0.15, 0.2) is 231 Å². The summed E-state index contributed by atoms with van der Waals surface area (Å²) in [6.07, 6.45) is 0. The van der Waals surface area contributed by atoms with E-state index in [4.69, 9.17) is 0 Å². The lowest BCUT2D eigenvalue weighted by Crippen LogP contribution is -2.10. The Bertz CT molecular complexity index is 3850. The zero-order valence-corrected chi connectivity index (χ0v) is 36.8. The number of thiophene rings is 2. The average molecular weight is 866 g/mol. The molecule has 1 N–H and O–H groups in total. The standard InChI is InChI=1S/C60H39N3S2/c1-4-14-43(15-5-1)62(44-16-6-2-7-17-44)46-28-24-39(25-29-46)42-36-53-50-34-40(41-27-32-58-51(35-41)48-20-10-12-22-56(48)64-58)26-31-54(50)61-60(53)55(37-42)63(45-18-8-3-9-19-45)47-30-33-59-52(38-47)49-21-11-13-23-57(49)65-59/h1-38,61H. The third kappa shape index (κ3) is 6.47. The van der Waals surface area contributed by atoms with E-state index in [1.165, 1.54) is 62.2 Å². The number of aromatic amines is 1. The maximum Gasteiger partial charge on any atom is 0.0710 e. The van der Waals surface area contributed by atoms with Crippen molar-refractivity contribution in [3.8, 4) is 22.3 Å². The zero-order chi connectivity index (χ0) is 42.8. The minimum Gasteiger partial charge on any atom is -0.353 e. The highest BCUT2D eigenvalue weighted by molar-refractivity contribution is 7.26. The molecule has 3 aromatic heterocycles. The number of hydrogen-bond donors (Lipinski definition) is 1. The second kappa shape index (κ2) is 15.4. The lowest BCUT2D eigenvalue weighted by Gasteiger charge is -2.27. The van der Waals surface area contributed by atoms with E-state index in [1.807, 2.05) is 22.7 Å². The molecular weight excluding hydrogens is 827 g/mol. The van der Waals surface area contributed by atoms with Crippen LogP contribution in [0.4, 0.5) is 34.1 Å². The third-order valence-electron chi connectivity index (χ3n) is 12.8. The van der Waals surface area contributed by atoms with E-state index in [0.29, 0.717) is 0 Å². The molecule has 0 atom stereocenters. The van der Waals surface area contributed by atoms with Crippen LogP contribution < -0.4 is 9.80 Å². The molecule has 0 aliphatic heterocycles. The van der Waals surface area contributed by atoms with Crippen molar-refractivity contribution in [2.24, 2.45) is 0 Å². The molecule has 0 aliphatic rings. The molecule has 306 valence electrons. The smallest absolute Gasteiger partial charge is 0.0710 e. The predicted octanol–water partition coefficient (Wildman–Crippen LogP) is 18.3. The first-order valence-electron chi connectivity index (χ1n) is 22.0. The third-order valence-corrected chi connectivity index (χ3v) is 15.1. The van der Waals surface area contributed by atoms with Gasteiger partial charge in [-0.1, -0.05) is 115 Å². The van der Waals surface area contributed by atoms with Crippen molar-refractivity contribution in [1.29, 1.82) is 0 Å². The molecule has 0 unspecified atom stereocenters. The van der Waals surface area contributed by atoms with Crippen LogP contribution in [-0.2, 0) is 0 Å². The van der Waals surface area contributed by atoms with Gasteiger partial charge < -0.3 is 14.8 Å². The number of benzene rings is 10. The van der Waals surface area contributed by atoms with E-state index in [2.05, 4.69) is 245 Å². The SMILES string of the molecule is c1ccc(N(c2ccccc2)c2ccc(-c3cc(N(c4ccccc4)c4ccc5sc6ccccc6c5c4)c4[nH]c5ccc(-c6ccc7sc8ccccc8c7c6)cc5c4c3)cc2)cc1. The average Bonchev–Trinajstić information content (AvgIpc) is 4.06. The Morgan fingerprint density at radius 1 is 0.277 bits per heavy atom. The molecule has 0 bridgehead atoms. The first kappa shape index (κ1) is 37.6. The zero-order valence-electron chi connectivity index (χ0n) is 35.2. The van der Waals surface area contributed by atoms with Crippen LogP contribution in [0.3, 0.4) is 0 Å². The number of hydrogen-bond acceptors (Lipinski definition) is 4. The topological polar surface area (TPSA) is 22.3 Å². The lowest BCUT2D eigenvalue weighted by molar-refractivity contribution is 1.28.